The molecule has 0 bridgehead atoms. The van der Waals surface area contributed by atoms with Crippen LogP contribution in [0.4, 0.5) is 10.5 Å². The van der Waals surface area contributed by atoms with Gasteiger partial charge < -0.3 is 15.4 Å². The molecule has 1 aliphatic rings. The van der Waals surface area contributed by atoms with Gasteiger partial charge in [-0.15, -0.1) is 11.3 Å². The summed E-state index contributed by atoms with van der Waals surface area (Å²) in [6.45, 7) is 2.52. The van der Waals surface area contributed by atoms with Crippen LogP contribution in [-0.4, -0.2) is 18.1 Å². The van der Waals surface area contributed by atoms with Crippen LogP contribution in [0.25, 0.3) is 0 Å². The molecule has 1 aromatic carbocycles. The van der Waals surface area contributed by atoms with E-state index in [1.54, 1.807) is 18.4 Å². The average molecular weight is 345 g/mol. The summed E-state index contributed by atoms with van der Waals surface area (Å²) in [5, 5.41) is 9.19. The monoisotopic (exact) mass is 345 g/mol. The maximum absolute atomic E-state index is 12.5. The van der Waals surface area contributed by atoms with Crippen molar-refractivity contribution in [1.29, 1.82) is 0 Å². The number of carbonyl (C=O) groups is 1. The molecule has 1 heterocycles. The second kappa shape index (κ2) is 7.32. The highest BCUT2D eigenvalue weighted by molar-refractivity contribution is 7.09. The van der Waals surface area contributed by atoms with Crippen LogP contribution in [-0.2, 0) is 16.9 Å². The number of aryl methyl sites for hydroxylation is 1. The van der Waals surface area contributed by atoms with E-state index in [4.69, 9.17) is 4.74 Å². The Balaban J connectivity index is 1.71. The number of anilines is 1. The fraction of sp³-hybridized carbons (Fsp3) is 0.444. The Morgan fingerprint density at radius 2 is 2.17 bits per heavy atom. The molecule has 2 N–H and O–H groups in total. The van der Waals surface area contributed by atoms with Crippen LogP contribution in [0, 0.1) is 6.92 Å². The van der Waals surface area contributed by atoms with Gasteiger partial charge in [0.2, 0.25) is 0 Å². The van der Waals surface area contributed by atoms with E-state index < -0.39 is 0 Å². The minimum Gasteiger partial charge on any atom is -0.380 e. The lowest BCUT2D eigenvalue weighted by molar-refractivity contribution is 0.185. The van der Waals surface area contributed by atoms with Gasteiger partial charge in [0.15, 0.2) is 0 Å². The molecule has 0 saturated heterocycles. The minimum absolute atomic E-state index is 0.181. The third-order valence-electron chi connectivity index (χ3n) is 4.33. The summed E-state index contributed by atoms with van der Waals surface area (Å²) < 4.78 is 5.14. The summed E-state index contributed by atoms with van der Waals surface area (Å²) in [6.07, 6.45) is 4.11. The standard InChI is InChI=1S/C18H23N3O2S/c1-13-12-24-16(19-13)18(8-3-4-9-18)21-17(22)20-15-7-5-6-14(10-15)11-23-2/h5-7,10,12H,3-4,8-9,11H2,1-2H3,(H2,20,21,22). The van der Waals surface area contributed by atoms with Gasteiger partial charge in [0.1, 0.15) is 5.01 Å². The van der Waals surface area contributed by atoms with Gasteiger partial charge in [0, 0.05) is 23.9 Å². The number of hydrogen-bond donors (Lipinski definition) is 2. The van der Waals surface area contributed by atoms with Crippen LogP contribution in [0.5, 0.6) is 0 Å². The van der Waals surface area contributed by atoms with Crippen molar-refractivity contribution in [1.82, 2.24) is 10.3 Å². The lowest BCUT2D eigenvalue weighted by Gasteiger charge is -2.28. The van der Waals surface area contributed by atoms with Crippen LogP contribution in [0.1, 0.15) is 41.9 Å². The van der Waals surface area contributed by atoms with E-state index in [2.05, 4.69) is 15.6 Å². The van der Waals surface area contributed by atoms with Crippen molar-refractivity contribution in [2.45, 2.75) is 44.8 Å². The number of benzene rings is 1. The zero-order valence-electron chi connectivity index (χ0n) is 14.1. The predicted molar refractivity (Wildman–Crippen MR) is 96.3 cm³/mol. The van der Waals surface area contributed by atoms with Crippen LogP contribution in [0.2, 0.25) is 0 Å². The molecule has 1 fully saturated rings. The maximum Gasteiger partial charge on any atom is 0.320 e. The quantitative estimate of drug-likeness (QED) is 0.854. The fourth-order valence-electron chi connectivity index (χ4n) is 3.23. The average Bonchev–Trinajstić information content (AvgIpc) is 3.18. The van der Waals surface area contributed by atoms with Gasteiger partial charge in [-0.25, -0.2) is 9.78 Å². The van der Waals surface area contributed by atoms with Gasteiger partial charge in [0.25, 0.3) is 0 Å². The van der Waals surface area contributed by atoms with E-state index in [9.17, 15) is 4.79 Å². The van der Waals surface area contributed by atoms with E-state index in [0.29, 0.717) is 6.61 Å². The third kappa shape index (κ3) is 3.76. The number of thiazole rings is 1. The van der Waals surface area contributed by atoms with Gasteiger partial charge in [-0.2, -0.15) is 0 Å². The molecule has 0 atom stereocenters. The Labute approximate surface area is 146 Å². The van der Waals surface area contributed by atoms with Crippen molar-refractivity contribution in [2.24, 2.45) is 0 Å². The van der Waals surface area contributed by atoms with Crippen molar-refractivity contribution < 1.29 is 9.53 Å². The number of ether oxygens (including phenoxy) is 1. The van der Waals surface area contributed by atoms with Crippen molar-refractivity contribution in [2.75, 3.05) is 12.4 Å². The molecule has 2 aromatic rings. The summed E-state index contributed by atoms with van der Waals surface area (Å²) in [5.74, 6) is 0. The molecule has 2 amide bonds. The molecule has 24 heavy (non-hydrogen) atoms. The number of nitrogens with one attached hydrogen (secondary N) is 2. The smallest absolute Gasteiger partial charge is 0.320 e. The highest BCUT2D eigenvalue weighted by Crippen LogP contribution is 2.40. The van der Waals surface area contributed by atoms with Crippen molar-refractivity contribution >= 4 is 23.1 Å². The molecule has 3 rings (SSSR count). The number of urea groups is 1. The Bertz CT molecular complexity index is 708. The molecular weight excluding hydrogens is 322 g/mol. The first-order valence-corrected chi connectivity index (χ1v) is 9.09. The number of aromatic nitrogens is 1. The lowest BCUT2D eigenvalue weighted by Crippen LogP contribution is -2.45. The number of nitrogens with zero attached hydrogens (tertiary/aromatic N) is 1. The molecule has 0 unspecified atom stereocenters. The Kier molecular flexibility index (Phi) is 5.16. The summed E-state index contributed by atoms with van der Waals surface area (Å²) in [4.78, 5) is 17.2. The minimum atomic E-state index is -0.326. The summed E-state index contributed by atoms with van der Waals surface area (Å²) in [6, 6.07) is 7.52. The van der Waals surface area contributed by atoms with Gasteiger partial charge in [0.05, 0.1) is 12.1 Å². The molecule has 1 aromatic heterocycles. The van der Waals surface area contributed by atoms with Gasteiger partial charge in [-0.05, 0) is 37.5 Å². The molecule has 0 aliphatic heterocycles. The molecule has 0 spiro atoms. The summed E-state index contributed by atoms with van der Waals surface area (Å²) >= 11 is 1.63. The van der Waals surface area contributed by atoms with E-state index in [0.717, 1.165) is 47.6 Å². The molecule has 6 heteroatoms. The Morgan fingerprint density at radius 1 is 1.38 bits per heavy atom. The highest BCUT2D eigenvalue weighted by atomic mass is 32.1. The first-order chi connectivity index (χ1) is 11.6. The van der Waals surface area contributed by atoms with Crippen molar-refractivity contribution in [3.63, 3.8) is 0 Å². The number of amides is 2. The zero-order valence-corrected chi connectivity index (χ0v) is 14.9. The second-order valence-electron chi connectivity index (χ2n) is 6.30. The third-order valence-corrected chi connectivity index (χ3v) is 5.50. The number of hydrogen-bond acceptors (Lipinski definition) is 4. The van der Waals surface area contributed by atoms with Gasteiger partial charge in [-0.3, -0.25) is 0 Å². The van der Waals surface area contributed by atoms with E-state index in [-0.39, 0.29) is 11.6 Å². The normalized spacial score (nSPS) is 16.1. The van der Waals surface area contributed by atoms with E-state index >= 15 is 0 Å². The van der Waals surface area contributed by atoms with Crippen LogP contribution in [0.15, 0.2) is 29.6 Å². The van der Waals surface area contributed by atoms with Gasteiger partial charge in [-0.1, -0.05) is 25.0 Å². The summed E-state index contributed by atoms with van der Waals surface area (Å²) in [5.41, 5.74) is 2.48. The topological polar surface area (TPSA) is 63.2 Å². The van der Waals surface area contributed by atoms with Crippen molar-refractivity contribution in [3.8, 4) is 0 Å². The SMILES string of the molecule is COCc1cccc(NC(=O)NC2(c3nc(C)cs3)CCCC2)c1. The zero-order chi connectivity index (χ0) is 17.0. The number of rotatable bonds is 5. The number of carbonyl (C=O) groups excluding carboxylic acids is 1. The largest absolute Gasteiger partial charge is 0.380 e. The first-order valence-electron chi connectivity index (χ1n) is 8.21. The van der Waals surface area contributed by atoms with E-state index in [1.807, 2.05) is 36.6 Å². The Hall–Kier alpha value is -1.92. The number of methoxy groups -OCH3 is 1. The molecule has 1 aliphatic carbocycles. The summed E-state index contributed by atoms with van der Waals surface area (Å²) in [7, 11) is 1.66. The highest BCUT2D eigenvalue weighted by Gasteiger charge is 2.39. The van der Waals surface area contributed by atoms with Crippen LogP contribution >= 0.6 is 11.3 Å². The fourth-order valence-corrected chi connectivity index (χ4v) is 4.24. The Morgan fingerprint density at radius 3 is 2.83 bits per heavy atom. The molecule has 5 nitrogen and oxygen atoms in total. The molecule has 0 radical (unpaired) electrons. The van der Waals surface area contributed by atoms with Crippen LogP contribution in [0.3, 0.4) is 0 Å². The first kappa shape index (κ1) is 16.9. The molecular formula is C18H23N3O2S. The van der Waals surface area contributed by atoms with Crippen LogP contribution < -0.4 is 10.6 Å². The maximum atomic E-state index is 12.5. The lowest BCUT2D eigenvalue weighted by atomic mass is 9.99. The van der Waals surface area contributed by atoms with E-state index in [1.165, 1.54) is 0 Å². The second-order valence-corrected chi connectivity index (χ2v) is 7.15. The van der Waals surface area contributed by atoms with Crippen molar-refractivity contribution in [3.05, 3.63) is 45.9 Å². The van der Waals surface area contributed by atoms with Gasteiger partial charge >= 0.3 is 6.03 Å². The molecule has 128 valence electrons. The predicted octanol–water partition coefficient (Wildman–Crippen LogP) is 4.19. The molecule has 1 saturated carbocycles.